The van der Waals surface area contributed by atoms with Gasteiger partial charge in [-0.2, -0.15) is 0 Å². The minimum atomic E-state index is -0.812. The number of nitrogens with one attached hydrogen (secondary N) is 2. The summed E-state index contributed by atoms with van der Waals surface area (Å²) in [6.45, 7) is 5.98. The molecule has 3 amide bonds. The van der Waals surface area contributed by atoms with Gasteiger partial charge in [0.05, 0.1) is 6.42 Å². The molecular weight excluding hydrogens is 408 g/mol. The Morgan fingerprint density at radius 2 is 1.62 bits per heavy atom. The molecule has 3 rings (SSSR count). The lowest BCUT2D eigenvalue weighted by atomic mass is 10.1. The number of urea groups is 1. The molecule has 0 aromatic heterocycles. The first kappa shape index (κ1) is 23.3. The number of carboxylic acids is 1. The fraction of sp³-hybridized carbons (Fsp3) is 0.375. The highest BCUT2D eigenvalue weighted by molar-refractivity contribution is 6.00. The standard InChI is InChI=1S/C24H30N4O4/c1-3-21(23(30)31)27-12-14-28(15-13-27)22(29)16-18-8-10-19(11-9-18)25-24(32)26-20-7-5-4-6-17(20)2/h4-11,21H,3,12-16H2,1-2H3,(H,30,31)(H2,25,26,32). The highest BCUT2D eigenvalue weighted by atomic mass is 16.4. The second-order valence-corrected chi connectivity index (χ2v) is 7.95. The third kappa shape index (κ3) is 6.07. The van der Waals surface area contributed by atoms with Crippen LogP contribution in [-0.4, -0.2) is 65.0 Å². The highest BCUT2D eigenvalue weighted by Crippen LogP contribution is 2.16. The van der Waals surface area contributed by atoms with Gasteiger partial charge in [-0.25, -0.2) is 4.79 Å². The molecule has 1 fully saturated rings. The summed E-state index contributed by atoms with van der Waals surface area (Å²) < 4.78 is 0. The first-order valence-electron chi connectivity index (χ1n) is 10.8. The maximum Gasteiger partial charge on any atom is 0.323 e. The van der Waals surface area contributed by atoms with E-state index in [-0.39, 0.29) is 18.4 Å². The fourth-order valence-corrected chi connectivity index (χ4v) is 3.86. The van der Waals surface area contributed by atoms with Gasteiger partial charge in [-0.15, -0.1) is 0 Å². The number of amides is 3. The van der Waals surface area contributed by atoms with E-state index in [0.29, 0.717) is 38.3 Å². The van der Waals surface area contributed by atoms with Crippen molar-refractivity contribution in [3.8, 4) is 0 Å². The Bertz CT molecular complexity index is 953. The van der Waals surface area contributed by atoms with Gasteiger partial charge in [0.2, 0.25) is 5.91 Å². The molecule has 3 N–H and O–H groups in total. The van der Waals surface area contributed by atoms with E-state index in [2.05, 4.69) is 10.6 Å². The zero-order chi connectivity index (χ0) is 23.1. The molecule has 1 aliphatic rings. The van der Waals surface area contributed by atoms with Gasteiger partial charge in [0.25, 0.3) is 0 Å². The Morgan fingerprint density at radius 3 is 2.22 bits per heavy atom. The number of para-hydroxylation sites is 1. The van der Waals surface area contributed by atoms with E-state index in [9.17, 15) is 19.5 Å². The molecule has 0 aliphatic carbocycles. The molecule has 2 aromatic rings. The molecule has 0 spiro atoms. The number of nitrogens with zero attached hydrogens (tertiary/aromatic N) is 2. The van der Waals surface area contributed by atoms with E-state index in [1.165, 1.54) is 0 Å². The van der Waals surface area contributed by atoms with Crippen molar-refractivity contribution in [3.63, 3.8) is 0 Å². The van der Waals surface area contributed by atoms with Gasteiger partial charge in [-0.3, -0.25) is 14.5 Å². The van der Waals surface area contributed by atoms with Crippen molar-refractivity contribution in [2.24, 2.45) is 0 Å². The van der Waals surface area contributed by atoms with E-state index in [1.54, 1.807) is 17.0 Å². The van der Waals surface area contributed by atoms with Gasteiger partial charge in [0, 0.05) is 37.6 Å². The number of aliphatic carboxylic acids is 1. The van der Waals surface area contributed by atoms with Crippen LogP contribution in [0.1, 0.15) is 24.5 Å². The molecule has 1 heterocycles. The number of piperazine rings is 1. The molecule has 32 heavy (non-hydrogen) atoms. The summed E-state index contributed by atoms with van der Waals surface area (Å²) in [6.07, 6.45) is 0.818. The number of hydrogen-bond acceptors (Lipinski definition) is 4. The minimum absolute atomic E-state index is 0.0195. The van der Waals surface area contributed by atoms with Gasteiger partial charge >= 0.3 is 12.0 Å². The maximum atomic E-state index is 12.7. The van der Waals surface area contributed by atoms with Crippen molar-refractivity contribution < 1.29 is 19.5 Å². The number of anilines is 2. The zero-order valence-corrected chi connectivity index (χ0v) is 18.5. The lowest BCUT2D eigenvalue weighted by molar-refractivity contribution is -0.144. The van der Waals surface area contributed by atoms with Gasteiger partial charge in [-0.05, 0) is 42.7 Å². The molecule has 1 unspecified atom stereocenters. The largest absolute Gasteiger partial charge is 0.480 e. The van der Waals surface area contributed by atoms with Gasteiger partial charge in [0.1, 0.15) is 6.04 Å². The number of aryl methyl sites for hydroxylation is 1. The molecular formula is C24H30N4O4. The van der Waals surface area contributed by atoms with Crippen LogP contribution in [0.25, 0.3) is 0 Å². The molecule has 2 aromatic carbocycles. The average Bonchev–Trinajstić information content (AvgIpc) is 2.77. The number of rotatable bonds is 7. The quantitative estimate of drug-likeness (QED) is 0.616. The molecule has 8 nitrogen and oxygen atoms in total. The van der Waals surface area contributed by atoms with Gasteiger partial charge in [-0.1, -0.05) is 37.3 Å². The zero-order valence-electron chi connectivity index (χ0n) is 18.5. The first-order chi connectivity index (χ1) is 15.4. The molecule has 1 atom stereocenters. The Kier molecular flexibility index (Phi) is 7.83. The summed E-state index contributed by atoms with van der Waals surface area (Å²) in [6, 6.07) is 13.9. The molecule has 170 valence electrons. The number of carbonyl (C=O) groups excluding carboxylic acids is 2. The summed E-state index contributed by atoms with van der Waals surface area (Å²) in [5.41, 5.74) is 3.23. The predicted molar refractivity (Wildman–Crippen MR) is 124 cm³/mol. The summed E-state index contributed by atoms with van der Waals surface area (Å²) in [5.74, 6) is -0.792. The maximum absolute atomic E-state index is 12.7. The van der Waals surface area contributed by atoms with Crippen molar-refractivity contribution in [2.45, 2.75) is 32.7 Å². The predicted octanol–water partition coefficient (Wildman–Crippen LogP) is 3.19. The van der Waals surface area contributed by atoms with Gasteiger partial charge in [0.15, 0.2) is 0 Å². The van der Waals surface area contributed by atoms with Crippen LogP contribution in [0.4, 0.5) is 16.2 Å². The minimum Gasteiger partial charge on any atom is -0.480 e. The van der Waals surface area contributed by atoms with E-state index >= 15 is 0 Å². The molecule has 0 bridgehead atoms. The summed E-state index contributed by atoms with van der Waals surface area (Å²) in [5, 5.41) is 14.9. The first-order valence-corrected chi connectivity index (χ1v) is 10.8. The van der Waals surface area contributed by atoms with E-state index < -0.39 is 12.0 Å². The van der Waals surface area contributed by atoms with Crippen LogP contribution in [0.2, 0.25) is 0 Å². The molecule has 1 saturated heterocycles. The Balaban J connectivity index is 1.48. The van der Waals surface area contributed by atoms with Crippen molar-refractivity contribution >= 4 is 29.3 Å². The third-order valence-electron chi connectivity index (χ3n) is 5.74. The normalized spacial score (nSPS) is 15.1. The third-order valence-corrected chi connectivity index (χ3v) is 5.74. The van der Waals surface area contributed by atoms with Crippen LogP contribution in [-0.2, 0) is 16.0 Å². The van der Waals surface area contributed by atoms with Crippen LogP contribution >= 0.6 is 0 Å². The molecule has 0 radical (unpaired) electrons. The van der Waals surface area contributed by atoms with E-state index in [0.717, 1.165) is 16.8 Å². The smallest absolute Gasteiger partial charge is 0.323 e. The van der Waals surface area contributed by atoms with Crippen molar-refractivity contribution in [1.29, 1.82) is 0 Å². The SMILES string of the molecule is CCC(C(=O)O)N1CCN(C(=O)Cc2ccc(NC(=O)Nc3ccccc3C)cc2)CC1. The Labute approximate surface area is 188 Å². The summed E-state index contributed by atoms with van der Waals surface area (Å²) in [4.78, 5) is 39.9. The van der Waals surface area contributed by atoms with Crippen molar-refractivity contribution in [1.82, 2.24) is 9.80 Å². The van der Waals surface area contributed by atoms with Crippen LogP contribution < -0.4 is 10.6 Å². The second kappa shape index (κ2) is 10.8. The summed E-state index contributed by atoms with van der Waals surface area (Å²) in [7, 11) is 0. The fourth-order valence-electron chi connectivity index (χ4n) is 3.86. The second-order valence-electron chi connectivity index (χ2n) is 7.95. The van der Waals surface area contributed by atoms with Gasteiger partial charge < -0.3 is 20.6 Å². The van der Waals surface area contributed by atoms with Crippen LogP contribution in [0, 0.1) is 6.92 Å². The Hall–Kier alpha value is -3.39. The van der Waals surface area contributed by atoms with Crippen LogP contribution in [0.3, 0.4) is 0 Å². The van der Waals surface area contributed by atoms with E-state index in [4.69, 9.17) is 0 Å². The monoisotopic (exact) mass is 438 g/mol. The summed E-state index contributed by atoms with van der Waals surface area (Å²) >= 11 is 0. The average molecular weight is 439 g/mol. The highest BCUT2D eigenvalue weighted by Gasteiger charge is 2.28. The topological polar surface area (TPSA) is 102 Å². The number of carboxylic acid groups (broad SMARTS) is 1. The number of carbonyl (C=O) groups is 3. The molecule has 0 saturated carbocycles. The molecule has 1 aliphatic heterocycles. The van der Waals surface area contributed by atoms with Crippen LogP contribution in [0.5, 0.6) is 0 Å². The lowest BCUT2D eigenvalue weighted by Crippen LogP contribution is -2.54. The number of benzene rings is 2. The Morgan fingerprint density at radius 1 is 0.969 bits per heavy atom. The van der Waals surface area contributed by atoms with Crippen molar-refractivity contribution in [3.05, 3.63) is 59.7 Å². The van der Waals surface area contributed by atoms with E-state index in [1.807, 2.05) is 55.1 Å². The number of hydrogen-bond donors (Lipinski definition) is 3. The van der Waals surface area contributed by atoms with Crippen molar-refractivity contribution in [2.75, 3.05) is 36.8 Å². The molecule has 8 heteroatoms. The lowest BCUT2D eigenvalue weighted by Gasteiger charge is -2.37. The van der Waals surface area contributed by atoms with Crippen LogP contribution in [0.15, 0.2) is 48.5 Å².